The zero-order valence-corrected chi connectivity index (χ0v) is 8.65. The molecule has 1 aliphatic carbocycles. The molecule has 1 aromatic rings. The normalized spacial score (nSPS) is 28.9. The summed E-state index contributed by atoms with van der Waals surface area (Å²) < 4.78 is 3.28. The molecule has 60 valence electrons. The van der Waals surface area contributed by atoms with Crippen molar-refractivity contribution in [2.75, 3.05) is 0 Å². The second-order valence-corrected chi connectivity index (χ2v) is 4.60. The van der Waals surface area contributed by atoms with Gasteiger partial charge in [-0.25, -0.2) is 0 Å². The van der Waals surface area contributed by atoms with Gasteiger partial charge in [0.1, 0.15) is 0 Å². The Balaban J connectivity index is 1.96. The summed E-state index contributed by atoms with van der Waals surface area (Å²) in [6, 6.07) is 0. The van der Waals surface area contributed by atoms with Crippen LogP contribution >= 0.6 is 22.6 Å². The summed E-state index contributed by atoms with van der Waals surface area (Å²) in [6.45, 7) is 3.42. The van der Waals surface area contributed by atoms with Gasteiger partial charge in [-0.1, -0.05) is 6.92 Å². The van der Waals surface area contributed by atoms with Gasteiger partial charge < -0.3 is 0 Å². The second-order valence-electron chi connectivity index (χ2n) is 3.35. The predicted molar refractivity (Wildman–Crippen MR) is 52.2 cm³/mol. The molecule has 1 aliphatic rings. The standard InChI is InChI=1S/C8H11IN2/c1-6-2-7(6)4-11-5-8(9)3-10-11/h3,5-7H,2,4H2,1H3. The number of nitrogens with zero attached hydrogens (tertiary/aromatic N) is 2. The van der Waals surface area contributed by atoms with E-state index < -0.39 is 0 Å². The molecule has 0 bridgehead atoms. The number of rotatable bonds is 2. The monoisotopic (exact) mass is 262 g/mol. The topological polar surface area (TPSA) is 17.8 Å². The van der Waals surface area contributed by atoms with Crippen LogP contribution in [0.25, 0.3) is 0 Å². The molecular weight excluding hydrogens is 251 g/mol. The molecule has 11 heavy (non-hydrogen) atoms. The van der Waals surface area contributed by atoms with E-state index in [2.05, 4.69) is 45.5 Å². The SMILES string of the molecule is CC1CC1Cn1cc(I)cn1. The van der Waals surface area contributed by atoms with Crippen LogP contribution in [-0.2, 0) is 6.54 Å². The van der Waals surface area contributed by atoms with Crippen molar-refractivity contribution in [2.24, 2.45) is 11.8 Å². The molecule has 0 spiro atoms. The van der Waals surface area contributed by atoms with Crippen molar-refractivity contribution in [1.29, 1.82) is 0 Å². The minimum Gasteiger partial charge on any atom is -0.271 e. The zero-order chi connectivity index (χ0) is 7.84. The molecule has 2 rings (SSSR count). The Morgan fingerprint density at radius 3 is 3.00 bits per heavy atom. The van der Waals surface area contributed by atoms with Gasteiger partial charge in [0, 0.05) is 12.7 Å². The third-order valence-electron chi connectivity index (χ3n) is 2.30. The zero-order valence-electron chi connectivity index (χ0n) is 6.50. The molecule has 1 saturated carbocycles. The van der Waals surface area contributed by atoms with Crippen LogP contribution < -0.4 is 0 Å². The first-order valence-corrected chi connectivity index (χ1v) is 5.01. The Labute approximate surface area is 80.1 Å². The summed E-state index contributed by atoms with van der Waals surface area (Å²) >= 11 is 2.29. The lowest BCUT2D eigenvalue weighted by Gasteiger charge is -1.96. The lowest BCUT2D eigenvalue weighted by molar-refractivity contribution is 0.540. The molecule has 0 N–H and O–H groups in total. The molecule has 1 fully saturated rings. The van der Waals surface area contributed by atoms with Crippen LogP contribution in [-0.4, -0.2) is 9.78 Å². The van der Waals surface area contributed by atoms with Gasteiger partial charge in [-0.3, -0.25) is 4.68 Å². The lowest BCUT2D eigenvalue weighted by atomic mass is 10.3. The highest BCUT2D eigenvalue weighted by atomic mass is 127. The van der Waals surface area contributed by atoms with Gasteiger partial charge in [-0.05, 0) is 40.8 Å². The first kappa shape index (κ1) is 7.58. The Bertz CT molecular complexity index is 256. The van der Waals surface area contributed by atoms with Crippen LogP contribution in [0.4, 0.5) is 0 Å². The van der Waals surface area contributed by atoms with Crippen LogP contribution in [0.2, 0.25) is 0 Å². The van der Waals surface area contributed by atoms with E-state index in [0.29, 0.717) is 0 Å². The van der Waals surface area contributed by atoms with Crippen molar-refractivity contribution >= 4 is 22.6 Å². The molecule has 0 saturated heterocycles. The summed E-state index contributed by atoms with van der Waals surface area (Å²) in [5.74, 6) is 1.82. The Morgan fingerprint density at radius 2 is 2.55 bits per heavy atom. The highest BCUT2D eigenvalue weighted by molar-refractivity contribution is 14.1. The fourth-order valence-corrected chi connectivity index (χ4v) is 1.78. The van der Waals surface area contributed by atoms with E-state index in [1.165, 1.54) is 9.99 Å². The molecule has 1 heterocycles. The highest BCUT2D eigenvalue weighted by Crippen LogP contribution is 2.38. The smallest absolute Gasteiger partial charge is 0.0623 e. The van der Waals surface area contributed by atoms with Gasteiger partial charge in [-0.15, -0.1) is 0 Å². The Morgan fingerprint density at radius 1 is 1.82 bits per heavy atom. The summed E-state index contributed by atoms with van der Waals surface area (Å²) in [7, 11) is 0. The van der Waals surface area contributed by atoms with Crippen molar-refractivity contribution in [2.45, 2.75) is 19.9 Å². The lowest BCUT2D eigenvalue weighted by Crippen LogP contribution is -2.00. The molecule has 1 aromatic heterocycles. The third-order valence-corrected chi connectivity index (χ3v) is 2.86. The molecule has 0 aliphatic heterocycles. The van der Waals surface area contributed by atoms with Gasteiger partial charge in [0.2, 0.25) is 0 Å². The molecule has 0 aromatic carbocycles. The molecule has 2 nitrogen and oxygen atoms in total. The van der Waals surface area contributed by atoms with Crippen molar-refractivity contribution in [1.82, 2.24) is 9.78 Å². The molecule has 3 heteroatoms. The molecule has 2 unspecified atom stereocenters. The maximum Gasteiger partial charge on any atom is 0.0623 e. The molecule has 2 atom stereocenters. The van der Waals surface area contributed by atoms with Crippen molar-refractivity contribution < 1.29 is 0 Å². The maximum atomic E-state index is 4.24. The van der Waals surface area contributed by atoms with Gasteiger partial charge in [0.15, 0.2) is 0 Å². The van der Waals surface area contributed by atoms with E-state index in [1.807, 2.05) is 6.20 Å². The minimum absolute atomic E-state index is 0.894. The largest absolute Gasteiger partial charge is 0.271 e. The van der Waals surface area contributed by atoms with Crippen LogP contribution in [0.5, 0.6) is 0 Å². The maximum absolute atomic E-state index is 4.24. The Hall–Kier alpha value is -0.0600. The van der Waals surface area contributed by atoms with E-state index in [0.717, 1.165) is 18.4 Å². The molecular formula is C8H11IN2. The van der Waals surface area contributed by atoms with Crippen molar-refractivity contribution in [3.63, 3.8) is 0 Å². The van der Waals surface area contributed by atoms with E-state index in [9.17, 15) is 0 Å². The molecule has 0 radical (unpaired) electrons. The van der Waals surface area contributed by atoms with Crippen LogP contribution in [0.1, 0.15) is 13.3 Å². The van der Waals surface area contributed by atoms with Gasteiger partial charge in [0.05, 0.1) is 9.77 Å². The van der Waals surface area contributed by atoms with Crippen molar-refractivity contribution in [3.05, 3.63) is 16.0 Å². The summed E-state index contributed by atoms with van der Waals surface area (Å²) in [5.41, 5.74) is 0. The van der Waals surface area contributed by atoms with Gasteiger partial charge in [0.25, 0.3) is 0 Å². The second kappa shape index (κ2) is 2.77. The van der Waals surface area contributed by atoms with E-state index in [4.69, 9.17) is 0 Å². The van der Waals surface area contributed by atoms with Gasteiger partial charge >= 0.3 is 0 Å². The van der Waals surface area contributed by atoms with Crippen LogP contribution in [0.15, 0.2) is 12.4 Å². The van der Waals surface area contributed by atoms with Crippen LogP contribution in [0.3, 0.4) is 0 Å². The number of aromatic nitrogens is 2. The van der Waals surface area contributed by atoms with Crippen molar-refractivity contribution in [3.8, 4) is 0 Å². The average Bonchev–Trinajstić information content (AvgIpc) is 2.42. The summed E-state index contributed by atoms with van der Waals surface area (Å²) in [5, 5.41) is 4.24. The number of hydrogen-bond acceptors (Lipinski definition) is 1. The van der Waals surface area contributed by atoms with E-state index in [1.54, 1.807) is 0 Å². The molecule has 0 amide bonds. The number of halogens is 1. The predicted octanol–water partition coefficient (Wildman–Crippen LogP) is 2.14. The Kier molecular flexibility index (Phi) is 1.91. The van der Waals surface area contributed by atoms with E-state index in [-0.39, 0.29) is 0 Å². The first-order chi connectivity index (χ1) is 5.25. The fourth-order valence-electron chi connectivity index (χ4n) is 1.33. The first-order valence-electron chi connectivity index (χ1n) is 3.93. The van der Waals surface area contributed by atoms with Crippen LogP contribution in [0, 0.1) is 15.4 Å². The third kappa shape index (κ3) is 1.75. The quantitative estimate of drug-likeness (QED) is 0.747. The summed E-state index contributed by atoms with van der Waals surface area (Å²) in [6.07, 6.45) is 5.40. The van der Waals surface area contributed by atoms with Gasteiger partial charge in [-0.2, -0.15) is 5.10 Å². The minimum atomic E-state index is 0.894. The highest BCUT2D eigenvalue weighted by Gasteiger charge is 2.32. The van der Waals surface area contributed by atoms with E-state index >= 15 is 0 Å². The summed E-state index contributed by atoms with van der Waals surface area (Å²) in [4.78, 5) is 0. The number of hydrogen-bond donors (Lipinski definition) is 0. The average molecular weight is 262 g/mol. The fraction of sp³-hybridized carbons (Fsp3) is 0.625.